The third kappa shape index (κ3) is 3.82. The fourth-order valence-electron chi connectivity index (χ4n) is 2.85. The maximum Gasteiger partial charge on any atom is 0.146 e. The van der Waals surface area contributed by atoms with Gasteiger partial charge in [-0.1, -0.05) is 26.7 Å². The van der Waals surface area contributed by atoms with Crippen molar-refractivity contribution in [3.8, 4) is 0 Å². The number of hydrogen-bond donors (Lipinski definition) is 2. The van der Waals surface area contributed by atoms with Crippen LogP contribution in [0.15, 0.2) is 12.4 Å². The molecule has 0 bridgehead atoms. The van der Waals surface area contributed by atoms with Gasteiger partial charge in [0, 0.05) is 13.1 Å². The molecule has 1 aliphatic rings. The molecule has 2 rings (SSSR count). The summed E-state index contributed by atoms with van der Waals surface area (Å²) < 4.78 is 0. The molecular weight excluding hydrogens is 236 g/mol. The summed E-state index contributed by atoms with van der Waals surface area (Å²) in [5, 5.41) is 6.75. The fraction of sp³-hybridized carbons (Fsp3) is 0.733. The van der Waals surface area contributed by atoms with Gasteiger partial charge in [-0.05, 0) is 31.1 Å². The minimum absolute atomic E-state index is 0.481. The van der Waals surface area contributed by atoms with E-state index in [1.165, 1.54) is 32.1 Å². The van der Waals surface area contributed by atoms with Gasteiger partial charge in [0.1, 0.15) is 11.6 Å². The van der Waals surface area contributed by atoms with Gasteiger partial charge in [0.25, 0.3) is 0 Å². The van der Waals surface area contributed by atoms with Crippen LogP contribution in [0.2, 0.25) is 0 Å². The van der Waals surface area contributed by atoms with E-state index in [2.05, 4.69) is 34.4 Å². The zero-order valence-electron chi connectivity index (χ0n) is 12.2. The molecule has 0 amide bonds. The van der Waals surface area contributed by atoms with Gasteiger partial charge in [0.15, 0.2) is 0 Å². The smallest absolute Gasteiger partial charge is 0.146 e. The maximum absolute atomic E-state index is 4.55. The third-order valence-corrected chi connectivity index (χ3v) is 4.25. The zero-order chi connectivity index (χ0) is 13.6. The Balaban J connectivity index is 1.91. The molecular formula is C15H26N4. The zero-order valence-corrected chi connectivity index (χ0v) is 12.2. The van der Waals surface area contributed by atoms with E-state index in [-0.39, 0.29) is 0 Å². The Bertz CT molecular complexity index is 385. The van der Waals surface area contributed by atoms with E-state index in [0.29, 0.717) is 5.41 Å². The first-order valence-electron chi connectivity index (χ1n) is 7.58. The summed E-state index contributed by atoms with van der Waals surface area (Å²) in [5.41, 5.74) is 0.481. The predicted molar refractivity (Wildman–Crippen MR) is 80.5 cm³/mol. The van der Waals surface area contributed by atoms with E-state index < -0.39 is 0 Å². The first-order chi connectivity index (χ1) is 9.28. The quantitative estimate of drug-likeness (QED) is 0.787. The van der Waals surface area contributed by atoms with Crippen LogP contribution in [0.3, 0.4) is 0 Å². The van der Waals surface area contributed by atoms with E-state index in [9.17, 15) is 0 Å². The number of anilines is 2. The van der Waals surface area contributed by atoms with E-state index in [1.807, 2.05) is 6.20 Å². The second kappa shape index (κ2) is 6.73. The molecule has 0 atom stereocenters. The minimum atomic E-state index is 0.481. The normalized spacial score (nSPS) is 17.4. The Hall–Kier alpha value is -1.32. The first-order valence-corrected chi connectivity index (χ1v) is 7.58. The molecule has 4 nitrogen and oxygen atoms in total. The molecule has 0 spiro atoms. The maximum atomic E-state index is 4.55. The highest BCUT2D eigenvalue weighted by atomic mass is 15.1. The molecule has 19 heavy (non-hydrogen) atoms. The van der Waals surface area contributed by atoms with E-state index in [0.717, 1.165) is 31.1 Å². The van der Waals surface area contributed by atoms with Crippen LogP contribution in [-0.4, -0.2) is 23.1 Å². The van der Waals surface area contributed by atoms with Crippen molar-refractivity contribution in [2.75, 3.05) is 23.7 Å². The molecule has 4 heteroatoms. The predicted octanol–water partition coefficient (Wildman–Crippen LogP) is 3.68. The molecule has 1 aromatic rings. The van der Waals surface area contributed by atoms with Gasteiger partial charge >= 0.3 is 0 Å². The van der Waals surface area contributed by atoms with Crippen LogP contribution in [0, 0.1) is 5.41 Å². The molecule has 0 unspecified atom stereocenters. The molecule has 1 aromatic heterocycles. The lowest BCUT2D eigenvalue weighted by Gasteiger charge is -2.27. The molecule has 0 aromatic carbocycles. The fourth-order valence-corrected chi connectivity index (χ4v) is 2.85. The van der Waals surface area contributed by atoms with Crippen LogP contribution in [0.4, 0.5) is 11.6 Å². The van der Waals surface area contributed by atoms with Gasteiger partial charge < -0.3 is 10.6 Å². The van der Waals surface area contributed by atoms with E-state index in [4.69, 9.17) is 0 Å². The van der Waals surface area contributed by atoms with E-state index in [1.54, 1.807) is 6.20 Å². The van der Waals surface area contributed by atoms with Crippen LogP contribution < -0.4 is 10.6 Å². The Kier molecular flexibility index (Phi) is 5.00. The van der Waals surface area contributed by atoms with Crippen molar-refractivity contribution in [2.24, 2.45) is 5.41 Å². The van der Waals surface area contributed by atoms with Crippen molar-refractivity contribution in [1.29, 1.82) is 0 Å². The van der Waals surface area contributed by atoms with Gasteiger partial charge in [-0.25, -0.2) is 4.98 Å². The van der Waals surface area contributed by atoms with Crippen LogP contribution in [0.25, 0.3) is 0 Å². The van der Waals surface area contributed by atoms with Gasteiger partial charge in [0.05, 0.1) is 12.4 Å². The number of rotatable bonds is 7. The summed E-state index contributed by atoms with van der Waals surface area (Å²) in [6.45, 7) is 6.41. The summed E-state index contributed by atoms with van der Waals surface area (Å²) >= 11 is 0. The average Bonchev–Trinajstić information content (AvgIpc) is 2.93. The van der Waals surface area contributed by atoms with Crippen molar-refractivity contribution in [1.82, 2.24) is 9.97 Å². The third-order valence-electron chi connectivity index (χ3n) is 4.25. The van der Waals surface area contributed by atoms with Crippen LogP contribution in [0.5, 0.6) is 0 Å². The highest BCUT2D eigenvalue weighted by Gasteiger charge is 2.31. The summed E-state index contributed by atoms with van der Waals surface area (Å²) in [4.78, 5) is 8.80. The first kappa shape index (κ1) is 14.1. The molecule has 1 fully saturated rings. The van der Waals surface area contributed by atoms with E-state index >= 15 is 0 Å². The van der Waals surface area contributed by atoms with Gasteiger partial charge in [-0.2, -0.15) is 0 Å². The molecule has 1 saturated carbocycles. The van der Waals surface area contributed by atoms with Crippen molar-refractivity contribution in [3.05, 3.63) is 12.4 Å². The average molecular weight is 262 g/mol. The van der Waals surface area contributed by atoms with Gasteiger partial charge in [-0.3, -0.25) is 4.98 Å². The summed E-state index contributed by atoms with van der Waals surface area (Å²) in [5.74, 6) is 1.75. The Labute approximate surface area is 116 Å². The monoisotopic (exact) mass is 262 g/mol. The summed E-state index contributed by atoms with van der Waals surface area (Å²) in [6.07, 6.45) is 11.4. The molecule has 2 N–H and O–H groups in total. The Morgan fingerprint density at radius 2 is 1.79 bits per heavy atom. The molecule has 1 heterocycles. The molecule has 0 radical (unpaired) electrons. The number of nitrogens with zero attached hydrogens (tertiary/aromatic N) is 2. The topological polar surface area (TPSA) is 49.8 Å². The Morgan fingerprint density at radius 1 is 1.11 bits per heavy atom. The van der Waals surface area contributed by atoms with Crippen molar-refractivity contribution in [3.63, 3.8) is 0 Å². The van der Waals surface area contributed by atoms with Crippen molar-refractivity contribution in [2.45, 2.75) is 52.4 Å². The number of aromatic nitrogens is 2. The number of nitrogens with one attached hydrogen (secondary N) is 2. The number of hydrogen-bond acceptors (Lipinski definition) is 4. The second-order valence-corrected chi connectivity index (χ2v) is 5.63. The van der Waals surface area contributed by atoms with Crippen LogP contribution in [-0.2, 0) is 0 Å². The molecule has 0 aliphatic heterocycles. The second-order valence-electron chi connectivity index (χ2n) is 5.63. The lowest BCUT2D eigenvalue weighted by molar-refractivity contribution is 0.306. The van der Waals surface area contributed by atoms with Gasteiger partial charge in [-0.15, -0.1) is 0 Å². The molecule has 1 aliphatic carbocycles. The molecule has 106 valence electrons. The lowest BCUT2D eigenvalue weighted by Crippen LogP contribution is -2.26. The van der Waals surface area contributed by atoms with Crippen molar-refractivity contribution >= 4 is 11.6 Å². The highest BCUT2D eigenvalue weighted by molar-refractivity contribution is 5.41. The van der Waals surface area contributed by atoms with Crippen LogP contribution >= 0.6 is 0 Å². The lowest BCUT2D eigenvalue weighted by atomic mass is 9.83. The van der Waals surface area contributed by atoms with Crippen LogP contribution in [0.1, 0.15) is 52.4 Å². The SMILES string of the molecule is CCCNc1cncc(NCC2(CC)CCCC2)n1. The van der Waals surface area contributed by atoms with Crippen molar-refractivity contribution < 1.29 is 0 Å². The standard InChI is InChI=1S/C15H26N4/c1-3-9-17-13-10-16-11-14(19-13)18-12-15(4-2)7-5-6-8-15/h10-11H,3-9,12H2,1-2H3,(H2,17,18,19). The summed E-state index contributed by atoms with van der Waals surface area (Å²) in [7, 11) is 0. The molecule has 0 saturated heterocycles. The highest BCUT2D eigenvalue weighted by Crippen LogP contribution is 2.40. The Morgan fingerprint density at radius 3 is 2.42 bits per heavy atom. The summed E-state index contributed by atoms with van der Waals surface area (Å²) in [6, 6.07) is 0. The largest absolute Gasteiger partial charge is 0.369 e. The minimum Gasteiger partial charge on any atom is -0.369 e. The van der Waals surface area contributed by atoms with Gasteiger partial charge in [0.2, 0.25) is 0 Å².